The second-order valence-corrected chi connectivity index (χ2v) is 3.84. The maximum absolute atomic E-state index is 11.5. The zero-order valence-corrected chi connectivity index (χ0v) is 10.8. The number of carbonyl (C=O) groups is 1. The molecule has 0 amide bonds. The fourth-order valence-electron chi connectivity index (χ4n) is 1.85. The molecule has 0 fully saturated rings. The molecule has 0 saturated heterocycles. The number of hydrogen-bond acceptors (Lipinski definition) is 5. The number of methoxy groups -OCH3 is 1. The Morgan fingerprint density at radius 2 is 2.11 bits per heavy atom. The molecule has 0 saturated carbocycles. The number of nitro groups is 1. The monoisotopic (exact) mass is 255 g/mol. The molecule has 18 heavy (non-hydrogen) atoms. The first-order valence-corrected chi connectivity index (χ1v) is 5.78. The van der Waals surface area contributed by atoms with Gasteiger partial charge in [-0.2, -0.15) is 5.10 Å². The van der Waals surface area contributed by atoms with E-state index in [1.165, 1.54) is 11.8 Å². The standard InChI is InChI=1S/C11H17N3O4/c1-4-9-11(14(16)17)10(5-2)13(12-9)6-8(15)7-18-3/h4-7H2,1-3H3. The van der Waals surface area contributed by atoms with Crippen LogP contribution in [0, 0.1) is 10.1 Å². The van der Waals surface area contributed by atoms with Crippen molar-refractivity contribution in [1.82, 2.24) is 9.78 Å². The van der Waals surface area contributed by atoms with Gasteiger partial charge in [0.15, 0.2) is 5.78 Å². The summed E-state index contributed by atoms with van der Waals surface area (Å²) in [5, 5.41) is 15.2. The van der Waals surface area contributed by atoms with E-state index in [9.17, 15) is 14.9 Å². The molecule has 1 aromatic rings. The third kappa shape index (κ3) is 2.92. The Balaban J connectivity index is 3.12. The molecule has 0 unspecified atom stereocenters. The molecule has 1 rings (SSSR count). The van der Waals surface area contributed by atoms with Crippen LogP contribution < -0.4 is 0 Å². The zero-order valence-electron chi connectivity index (χ0n) is 10.8. The summed E-state index contributed by atoms with van der Waals surface area (Å²) in [6, 6.07) is 0. The summed E-state index contributed by atoms with van der Waals surface area (Å²) in [6.07, 6.45) is 0.929. The van der Waals surface area contributed by atoms with Gasteiger partial charge in [-0.3, -0.25) is 19.6 Å². The van der Waals surface area contributed by atoms with Crippen LogP contribution in [-0.4, -0.2) is 34.2 Å². The lowest BCUT2D eigenvalue weighted by Gasteiger charge is -2.03. The van der Waals surface area contributed by atoms with Gasteiger partial charge in [0.2, 0.25) is 0 Å². The van der Waals surface area contributed by atoms with Crippen molar-refractivity contribution in [2.45, 2.75) is 33.2 Å². The molecule has 0 spiro atoms. The van der Waals surface area contributed by atoms with Crippen LogP contribution in [0.1, 0.15) is 25.2 Å². The molecular formula is C11H17N3O4. The molecular weight excluding hydrogens is 238 g/mol. The molecule has 0 bridgehead atoms. The van der Waals surface area contributed by atoms with Gasteiger partial charge in [0.05, 0.1) is 4.92 Å². The molecule has 1 heterocycles. The van der Waals surface area contributed by atoms with Crippen molar-refractivity contribution in [3.05, 3.63) is 21.5 Å². The van der Waals surface area contributed by atoms with Gasteiger partial charge in [0, 0.05) is 7.11 Å². The van der Waals surface area contributed by atoms with Crippen LogP contribution in [0.3, 0.4) is 0 Å². The first-order valence-electron chi connectivity index (χ1n) is 5.78. The zero-order chi connectivity index (χ0) is 13.7. The Hall–Kier alpha value is -1.76. The molecule has 0 N–H and O–H groups in total. The summed E-state index contributed by atoms with van der Waals surface area (Å²) >= 11 is 0. The summed E-state index contributed by atoms with van der Waals surface area (Å²) in [5.74, 6) is -0.160. The molecule has 1 aromatic heterocycles. The van der Waals surface area contributed by atoms with Crippen LogP contribution in [0.4, 0.5) is 5.69 Å². The van der Waals surface area contributed by atoms with Gasteiger partial charge in [0.25, 0.3) is 0 Å². The van der Waals surface area contributed by atoms with Crippen molar-refractivity contribution in [3.63, 3.8) is 0 Å². The second-order valence-electron chi connectivity index (χ2n) is 3.84. The smallest absolute Gasteiger partial charge is 0.313 e. The maximum Gasteiger partial charge on any atom is 0.313 e. The van der Waals surface area contributed by atoms with Gasteiger partial charge in [0.1, 0.15) is 24.5 Å². The Morgan fingerprint density at radius 3 is 2.56 bits per heavy atom. The number of ketones is 1. The lowest BCUT2D eigenvalue weighted by Crippen LogP contribution is -2.17. The van der Waals surface area contributed by atoms with Crippen LogP contribution in [0.15, 0.2) is 0 Å². The minimum Gasteiger partial charge on any atom is -0.377 e. The lowest BCUT2D eigenvalue weighted by molar-refractivity contribution is -0.386. The molecule has 0 atom stereocenters. The largest absolute Gasteiger partial charge is 0.377 e. The van der Waals surface area contributed by atoms with E-state index < -0.39 is 4.92 Å². The number of carbonyl (C=O) groups excluding carboxylic acids is 1. The van der Waals surface area contributed by atoms with Crippen molar-refractivity contribution < 1.29 is 14.5 Å². The number of nitrogens with zero attached hydrogens (tertiary/aromatic N) is 3. The molecule has 7 heteroatoms. The van der Waals surface area contributed by atoms with Gasteiger partial charge < -0.3 is 4.74 Å². The van der Waals surface area contributed by atoms with Crippen LogP contribution in [-0.2, 0) is 28.9 Å². The normalized spacial score (nSPS) is 10.6. The van der Waals surface area contributed by atoms with Crippen LogP contribution in [0.2, 0.25) is 0 Å². The highest BCUT2D eigenvalue weighted by atomic mass is 16.6. The Labute approximate surface area is 105 Å². The number of hydrogen-bond donors (Lipinski definition) is 0. The third-order valence-corrected chi connectivity index (χ3v) is 2.58. The Bertz CT molecular complexity index is 453. The Kier molecular flexibility index (Phi) is 4.96. The highest BCUT2D eigenvalue weighted by Crippen LogP contribution is 2.24. The van der Waals surface area contributed by atoms with E-state index in [-0.39, 0.29) is 24.6 Å². The maximum atomic E-state index is 11.5. The van der Waals surface area contributed by atoms with Crippen molar-refractivity contribution in [2.75, 3.05) is 13.7 Å². The fraction of sp³-hybridized carbons (Fsp3) is 0.636. The minimum atomic E-state index is -0.429. The summed E-state index contributed by atoms with van der Waals surface area (Å²) < 4.78 is 6.15. The van der Waals surface area contributed by atoms with E-state index in [4.69, 9.17) is 4.74 Å². The fourth-order valence-corrected chi connectivity index (χ4v) is 1.85. The van der Waals surface area contributed by atoms with E-state index in [2.05, 4.69) is 5.10 Å². The quantitative estimate of drug-likeness (QED) is 0.538. The average molecular weight is 255 g/mol. The highest BCUT2D eigenvalue weighted by Gasteiger charge is 2.25. The van der Waals surface area contributed by atoms with Crippen LogP contribution in [0.25, 0.3) is 0 Å². The summed E-state index contributed by atoms with van der Waals surface area (Å²) in [5.41, 5.74) is 0.939. The van der Waals surface area contributed by atoms with Crippen molar-refractivity contribution in [2.24, 2.45) is 0 Å². The second kappa shape index (κ2) is 6.25. The average Bonchev–Trinajstić information content (AvgIpc) is 2.66. The van der Waals surface area contributed by atoms with Gasteiger partial charge in [-0.05, 0) is 12.8 Å². The van der Waals surface area contributed by atoms with E-state index in [0.29, 0.717) is 24.2 Å². The number of aromatic nitrogens is 2. The van der Waals surface area contributed by atoms with E-state index in [1.54, 1.807) is 13.8 Å². The number of ether oxygens (including phenoxy) is 1. The molecule has 0 aromatic carbocycles. The van der Waals surface area contributed by atoms with Gasteiger partial charge in [-0.15, -0.1) is 0 Å². The molecule has 100 valence electrons. The van der Waals surface area contributed by atoms with Crippen molar-refractivity contribution in [1.29, 1.82) is 0 Å². The molecule has 0 aliphatic rings. The molecule has 7 nitrogen and oxygen atoms in total. The van der Waals surface area contributed by atoms with Crippen LogP contribution >= 0.6 is 0 Å². The topological polar surface area (TPSA) is 87.3 Å². The summed E-state index contributed by atoms with van der Waals surface area (Å²) in [4.78, 5) is 22.1. The number of rotatable bonds is 7. The first kappa shape index (κ1) is 14.3. The molecule has 0 radical (unpaired) electrons. The van der Waals surface area contributed by atoms with Gasteiger partial charge in [-0.1, -0.05) is 13.8 Å². The Morgan fingerprint density at radius 1 is 1.44 bits per heavy atom. The van der Waals surface area contributed by atoms with Crippen LogP contribution in [0.5, 0.6) is 0 Å². The minimum absolute atomic E-state index is 0.0118. The summed E-state index contributed by atoms with van der Waals surface area (Å²) in [6.45, 7) is 3.60. The third-order valence-electron chi connectivity index (χ3n) is 2.58. The molecule has 0 aliphatic heterocycles. The summed E-state index contributed by atoms with van der Waals surface area (Å²) in [7, 11) is 1.43. The van der Waals surface area contributed by atoms with E-state index in [1.807, 2.05) is 0 Å². The van der Waals surface area contributed by atoms with E-state index >= 15 is 0 Å². The predicted molar refractivity (Wildman–Crippen MR) is 64.5 cm³/mol. The SMILES string of the molecule is CCc1nn(CC(=O)COC)c(CC)c1[N+](=O)[O-]. The molecule has 0 aliphatic carbocycles. The van der Waals surface area contributed by atoms with Gasteiger partial charge in [-0.25, -0.2) is 0 Å². The number of aryl methyl sites for hydroxylation is 1. The van der Waals surface area contributed by atoms with Crippen molar-refractivity contribution >= 4 is 11.5 Å². The predicted octanol–water partition coefficient (Wildman–Crippen LogP) is 1.13. The van der Waals surface area contributed by atoms with Crippen molar-refractivity contribution in [3.8, 4) is 0 Å². The lowest BCUT2D eigenvalue weighted by atomic mass is 10.2. The number of Topliss-reactive ketones (excluding diaryl/α,β-unsaturated/α-hetero) is 1. The highest BCUT2D eigenvalue weighted by molar-refractivity contribution is 5.79. The first-order chi connectivity index (χ1) is 8.54. The van der Waals surface area contributed by atoms with E-state index in [0.717, 1.165) is 0 Å². The van der Waals surface area contributed by atoms with Gasteiger partial charge >= 0.3 is 5.69 Å².